The van der Waals surface area contributed by atoms with Crippen molar-refractivity contribution in [3.8, 4) is 0 Å². The number of hydrogen-bond acceptors (Lipinski definition) is 5. The lowest BCUT2D eigenvalue weighted by Crippen LogP contribution is -2.42. The topological polar surface area (TPSA) is 84.3 Å². The molecule has 1 amide bonds. The van der Waals surface area contributed by atoms with Gasteiger partial charge < -0.3 is 14.8 Å². The van der Waals surface area contributed by atoms with Crippen molar-refractivity contribution >= 4 is 25.7 Å². The second kappa shape index (κ2) is 6.49. The normalized spacial score (nSPS) is 23.2. The third-order valence-corrected chi connectivity index (χ3v) is 10.7. The molecule has 1 heterocycles. The van der Waals surface area contributed by atoms with E-state index in [1.807, 2.05) is 6.92 Å². The number of carboxylic acid groups (broad SMARTS) is 1. The highest BCUT2D eigenvalue weighted by Crippen LogP contribution is 2.42. The SMILES string of the molecule is CC(O[Si](C)(C)C(C)(C)C)c1nnc(C2CC(NC(=O)O)C2)s1. The van der Waals surface area contributed by atoms with E-state index in [1.165, 1.54) is 0 Å². The molecule has 1 aromatic rings. The van der Waals surface area contributed by atoms with Gasteiger partial charge in [-0.05, 0) is 37.9 Å². The zero-order valence-corrected chi connectivity index (χ0v) is 16.5. The van der Waals surface area contributed by atoms with Crippen molar-refractivity contribution < 1.29 is 14.3 Å². The second-order valence-electron chi connectivity index (χ2n) is 7.81. The van der Waals surface area contributed by atoms with E-state index in [1.54, 1.807) is 11.3 Å². The highest BCUT2D eigenvalue weighted by atomic mass is 32.1. The van der Waals surface area contributed by atoms with Crippen molar-refractivity contribution in [2.24, 2.45) is 0 Å². The van der Waals surface area contributed by atoms with Crippen LogP contribution < -0.4 is 5.32 Å². The van der Waals surface area contributed by atoms with E-state index in [2.05, 4.69) is 49.4 Å². The van der Waals surface area contributed by atoms with Gasteiger partial charge in [0.25, 0.3) is 0 Å². The van der Waals surface area contributed by atoms with E-state index < -0.39 is 14.4 Å². The molecule has 6 nitrogen and oxygen atoms in total. The minimum Gasteiger partial charge on any atom is -0.465 e. The van der Waals surface area contributed by atoms with E-state index in [4.69, 9.17) is 9.53 Å². The Morgan fingerprint density at radius 2 is 2.00 bits per heavy atom. The van der Waals surface area contributed by atoms with Crippen molar-refractivity contribution in [1.82, 2.24) is 15.5 Å². The Morgan fingerprint density at radius 1 is 1.39 bits per heavy atom. The molecule has 0 saturated heterocycles. The molecule has 1 aliphatic rings. The monoisotopic (exact) mass is 357 g/mol. The Hall–Kier alpha value is -0.993. The molecule has 2 rings (SSSR count). The van der Waals surface area contributed by atoms with Crippen LogP contribution in [-0.4, -0.2) is 35.8 Å². The van der Waals surface area contributed by atoms with Crippen LogP contribution in [0.2, 0.25) is 18.1 Å². The summed E-state index contributed by atoms with van der Waals surface area (Å²) in [6.45, 7) is 13.2. The summed E-state index contributed by atoms with van der Waals surface area (Å²) in [5.74, 6) is 0.318. The number of nitrogens with one attached hydrogen (secondary N) is 1. The van der Waals surface area contributed by atoms with Gasteiger partial charge in [0.2, 0.25) is 0 Å². The van der Waals surface area contributed by atoms with E-state index in [0.717, 1.165) is 22.9 Å². The minimum absolute atomic E-state index is 0.0461. The largest absolute Gasteiger partial charge is 0.465 e. The molecule has 0 bridgehead atoms. The predicted molar refractivity (Wildman–Crippen MR) is 93.5 cm³/mol. The van der Waals surface area contributed by atoms with Crippen molar-refractivity contribution in [3.63, 3.8) is 0 Å². The van der Waals surface area contributed by atoms with Crippen molar-refractivity contribution in [3.05, 3.63) is 10.0 Å². The van der Waals surface area contributed by atoms with E-state index in [9.17, 15) is 4.79 Å². The summed E-state index contributed by atoms with van der Waals surface area (Å²) >= 11 is 1.60. The zero-order chi connectivity index (χ0) is 17.4. The standard InChI is InChI=1S/C15H27N3O3SSi/c1-9(21-23(5,6)15(2,3)4)12-17-18-13(22-12)10-7-11(8-10)16-14(19)20/h9-11,16H,7-8H2,1-6H3,(H,19,20). The predicted octanol–water partition coefficient (Wildman–Crippen LogP) is 4.13. The molecule has 8 heteroatoms. The number of aromatic nitrogens is 2. The highest BCUT2D eigenvalue weighted by Gasteiger charge is 2.39. The molecule has 1 fully saturated rings. The summed E-state index contributed by atoms with van der Waals surface area (Å²) in [5.41, 5.74) is 0. The summed E-state index contributed by atoms with van der Waals surface area (Å²) in [5, 5.41) is 21.9. The van der Waals surface area contributed by atoms with Crippen LogP contribution in [0.1, 0.15) is 62.6 Å². The first-order valence-corrected chi connectivity index (χ1v) is 11.7. The summed E-state index contributed by atoms with van der Waals surface area (Å²) in [4.78, 5) is 10.6. The Balaban J connectivity index is 1.94. The van der Waals surface area contributed by atoms with Gasteiger partial charge in [-0.3, -0.25) is 0 Å². The van der Waals surface area contributed by atoms with Gasteiger partial charge >= 0.3 is 6.09 Å². The molecule has 1 aliphatic carbocycles. The lowest BCUT2D eigenvalue weighted by Gasteiger charge is -2.37. The molecule has 1 unspecified atom stereocenters. The van der Waals surface area contributed by atoms with Gasteiger partial charge in [0.05, 0.1) is 6.10 Å². The number of carbonyl (C=O) groups is 1. The van der Waals surface area contributed by atoms with E-state index >= 15 is 0 Å². The molecular formula is C15H27N3O3SSi. The molecule has 0 radical (unpaired) electrons. The number of amides is 1. The van der Waals surface area contributed by atoms with E-state index in [0.29, 0.717) is 5.92 Å². The van der Waals surface area contributed by atoms with Gasteiger partial charge in [-0.1, -0.05) is 32.1 Å². The number of nitrogens with zero attached hydrogens (tertiary/aromatic N) is 2. The maximum absolute atomic E-state index is 10.6. The van der Waals surface area contributed by atoms with E-state index in [-0.39, 0.29) is 17.2 Å². The third kappa shape index (κ3) is 4.30. The minimum atomic E-state index is -1.83. The molecule has 0 spiro atoms. The van der Waals surface area contributed by atoms with Crippen molar-refractivity contribution in [2.75, 3.05) is 0 Å². The van der Waals surface area contributed by atoms with Crippen molar-refractivity contribution in [1.29, 1.82) is 0 Å². The Labute approximate surface area is 142 Å². The van der Waals surface area contributed by atoms with Gasteiger partial charge in [-0.15, -0.1) is 10.2 Å². The average molecular weight is 358 g/mol. The molecule has 1 atom stereocenters. The zero-order valence-electron chi connectivity index (χ0n) is 14.7. The summed E-state index contributed by atoms with van der Waals surface area (Å²) < 4.78 is 6.36. The lowest BCUT2D eigenvalue weighted by molar-refractivity contribution is 0.177. The maximum atomic E-state index is 10.6. The fourth-order valence-corrected chi connectivity index (χ4v) is 4.74. The van der Waals surface area contributed by atoms with Gasteiger partial charge in [0.15, 0.2) is 8.32 Å². The second-order valence-corrected chi connectivity index (χ2v) is 13.6. The summed E-state index contributed by atoms with van der Waals surface area (Å²) in [7, 11) is -1.83. The van der Waals surface area contributed by atoms with Crippen LogP contribution in [-0.2, 0) is 4.43 Å². The van der Waals surface area contributed by atoms with Gasteiger partial charge in [0.1, 0.15) is 10.0 Å². The molecule has 23 heavy (non-hydrogen) atoms. The Morgan fingerprint density at radius 3 is 2.52 bits per heavy atom. The molecule has 130 valence electrons. The molecule has 1 saturated carbocycles. The molecule has 2 N–H and O–H groups in total. The van der Waals surface area contributed by atoms with Gasteiger partial charge in [-0.25, -0.2) is 4.79 Å². The fourth-order valence-electron chi connectivity index (χ4n) is 2.36. The first-order valence-electron chi connectivity index (χ1n) is 8.00. The molecule has 0 aliphatic heterocycles. The Kier molecular flexibility index (Phi) is 5.17. The Bertz CT molecular complexity index is 565. The maximum Gasteiger partial charge on any atom is 0.404 e. The van der Waals surface area contributed by atoms with Crippen molar-refractivity contribution in [2.45, 2.75) is 76.7 Å². The van der Waals surface area contributed by atoms with Crippen LogP contribution in [0.3, 0.4) is 0 Å². The first kappa shape index (κ1) is 18.3. The summed E-state index contributed by atoms with van der Waals surface area (Å²) in [6, 6.07) is 0.0470. The van der Waals surface area contributed by atoms with Crippen LogP contribution in [0.5, 0.6) is 0 Å². The first-order chi connectivity index (χ1) is 10.5. The molecular weight excluding hydrogens is 330 g/mol. The highest BCUT2D eigenvalue weighted by molar-refractivity contribution is 7.11. The average Bonchev–Trinajstić information content (AvgIpc) is 2.80. The quantitative estimate of drug-likeness (QED) is 0.774. The van der Waals surface area contributed by atoms with Crippen LogP contribution >= 0.6 is 11.3 Å². The number of rotatable bonds is 5. The van der Waals surface area contributed by atoms with Crippen LogP contribution in [0.4, 0.5) is 4.79 Å². The van der Waals surface area contributed by atoms with Crippen LogP contribution in [0, 0.1) is 0 Å². The molecule has 0 aromatic carbocycles. The van der Waals surface area contributed by atoms with Crippen LogP contribution in [0.15, 0.2) is 0 Å². The van der Waals surface area contributed by atoms with Gasteiger partial charge in [0, 0.05) is 12.0 Å². The third-order valence-electron chi connectivity index (χ3n) is 4.90. The fraction of sp³-hybridized carbons (Fsp3) is 0.800. The van der Waals surface area contributed by atoms with Crippen LogP contribution in [0.25, 0.3) is 0 Å². The number of hydrogen-bond donors (Lipinski definition) is 2. The molecule has 1 aromatic heterocycles. The summed E-state index contributed by atoms with van der Waals surface area (Å²) in [6.07, 6.45) is 0.606. The smallest absolute Gasteiger partial charge is 0.404 e. The lowest BCUT2D eigenvalue weighted by atomic mass is 9.81. The van der Waals surface area contributed by atoms with Gasteiger partial charge in [-0.2, -0.15) is 0 Å².